The van der Waals surface area contributed by atoms with Gasteiger partial charge in [-0.05, 0) is 30.5 Å². The molecule has 2 aliphatic rings. The topological polar surface area (TPSA) is 142 Å². The Morgan fingerprint density at radius 2 is 1.92 bits per heavy atom. The summed E-state index contributed by atoms with van der Waals surface area (Å²) in [5.41, 5.74) is 4.56. The van der Waals surface area contributed by atoms with Crippen molar-refractivity contribution >= 4 is 46.9 Å². The monoisotopic (exact) mass is 387 g/mol. The highest BCUT2D eigenvalue weighted by Gasteiger charge is 2.74. The first-order valence-corrected chi connectivity index (χ1v) is 8.18. The van der Waals surface area contributed by atoms with E-state index >= 15 is 0 Å². The van der Waals surface area contributed by atoms with Crippen molar-refractivity contribution in [3.8, 4) is 0 Å². The zero-order chi connectivity index (χ0) is 18.5. The van der Waals surface area contributed by atoms with Gasteiger partial charge in [-0.3, -0.25) is 9.59 Å². The molecule has 5 atom stereocenters. The third kappa shape index (κ3) is 3.01. The van der Waals surface area contributed by atoms with Crippen LogP contribution in [0.4, 0.5) is 10.5 Å². The summed E-state index contributed by atoms with van der Waals surface area (Å²) in [6, 6.07) is 3.24. The standard InChI is InChI=1S/C15H15Cl2N3O5/c16-5-1-2-7(6(17)3-5)19-14(25)20-8-4-15(18,13(23)24)11-9(8)10(11)12(21)22/h1-3,8-11H,4,18H2,(H,21,22)(H,23,24)(H2,19,20,25). The number of nitrogens with one attached hydrogen (secondary N) is 2. The van der Waals surface area contributed by atoms with E-state index in [1.165, 1.54) is 12.1 Å². The smallest absolute Gasteiger partial charge is 0.324 e. The Hall–Kier alpha value is -2.03. The van der Waals surface area contributed by atoms with E-state index in [4.69, 9.17) is 28.9 Å². The van der Waals surface area contributed by atoms with Crippen molar-refractivity contribution in [1.29, 1.82) is 0 Å². The molecule has 5 unspecified atom stereocenters. The number of amides is 2. The maximum absolute atomic E-state index is 12.2. The average Bonchev–Trinajstić information content (AvgIpc) is 3.19. The van der Waals surface area contributed by atoms with Crippen LogP contribution in [-0.4, -0.2) is 39.8 Å². The predicted molar refractivity (Wildman–Crippen MR) is 89.7 cm³/mol. The van der Waals surface area contributed by atoms with Crippen LogP contribution in [0.25, 0.3) is 0 Å². The van der Waals surface area contributed by atoms with Gasteiger partial charge in [-0.1, -0.05) is 23.2 Å². The van der Waals surface area contributed by atoms with Crippen LogP contribution in [0.3, 0.4) is 0 Å². The lowest BCUT2D eigenvalue weighted by molar-refractivity contribution is -0.145. The molecule has 0 radical (unpaired) electrons. The number of anilines is 1. The first-order valence-electron chi connectivity index (χ1n) is 7.43. The van der Waals surface area contributed by atoms with Gasteiger partial charge in [0, 0.05) is 17.0 Å². The van der Waals surface area contributed by atoms with Gasteiger partial charge in [0.2, 0.25) is 0 Å². The summed E-state index contributed by atoms with van der Waals surface area (Å²) < 4.78 is 0. The van der Waals surface area contributed by atoms with Gasteiger partial charge < -0.3 is 26.6 Å². The van der Waals surface area contributed by atoms with Gasteiger partial charge in [0.25, 0.3) is 0 Å². The van der Waals surface area contributed by atoms with Crippen LogP contribution in [0.5, 0.6) is 0 Å². The molecule has 2 aliphatic carbocycles. The van der Waals surface area contributed by atoms with Crippen LogP contribution in [-0.2, 0) is 9.59 Å². The molecule has 6 N–H and O–H groups in total. The third-order valence-corrected chi connectivity index (χ3v) is 5.42. The Labute approximate surface area is 152 Å². The second kappa shape index (κ2) is 6.05. The number of carbonyl (C=O) groups excluding carboxylic acids is 1. The number of aliphatic carboxylic acids is 2. The molecule has 0 aromatic heterocycles. The van der Waals surface area contributed by atoms with Gasteiger partial charge in [0.1, 0.15) is 5.54 Å². The van der Waals surface area contributed by atoms with Crippen LogP contribution in [0, 0.1) is 17.8 Å². The van der Waals surface area contributed by atoms with E-state index in [0.29, 0.717) is 10.7 Å². The normalized spacial score (nSPS) is 32.6. The Morgan fingerprint density at radius 3 is 2.48 bits per heavy atom. The molecule has 0 heterocycles. The number of halogens is 2. The van der Waals surface area contributed by atoms with Gasteiger partial charge in [-0.2, -0.15) is 0 Å². The van der Waals surface area contributed by atoms with Crippen molar-refractivity contribution in [2.45, 2.75) is 18.0 Å². The van der Waals surface area contributed by atoms with E-state index in [0.717, 1.165) is 0 Å². The molecule has 8 nitrogen and oxygen atoms in total. The number of rotatable bonds is 4. The molecule has 0 saturated heterocycles. The molecule has 0 bridgehead atoms. The number of benzene rings is 1. The summed E-state index contributed by atoms with van der Waals surface area (Å²) in [6.45, 7) is 0. The molecule has 0 aliphatic heterocycles. The summed E-state index contributed by atoms with van der Waals surface area (Å²) in [7, 11) is 0. The molecule has 134 valence electrons. The Bertz CT molecular complexity index is 774. The maximum atomic E-state index is 12.2. The van der Waals surface area contributed by atoms with Crippen LogP contribution in [0.15, 0.2) is 18.2 Å². The fourth-order valence-electron chi connectivity index (χ4n) is 3.75. The van der Waals surface area contributed by atoms with Gasteiger partial charge >= 0.3 is 18.0 Å². The lowest BCUT2D eigenvalue weighted by Gasteiger charge is -2.25. The van der Waals surface area contributed by atoms with Gasteiger partial charge in [0.15, 0.2) is 0 Å². The SMILES string of the molecule is NC1(C(=O)O)CC(NC(=O)Nc2ccc(Cl)cc2Cl)C2C(C(=O)O)C21. The lowest BCUT2D eigenvalue weighted by Crippen LogP contribution is -2.52. The summed E-state index contributed by atoms with van der Waals surface area (Å²) in [5, 5.41) is 24.3. The van der Waals surface area contributed by atoms with Crippen molar-refractivity contribution in [2.24, 2.45) is 23.5 Å². The van der Waals surface area contributed by atoms with Crippen LogP contribution in [0.2, 0.25) is 10.0 Å². The number of hydrogen-bond acceptors (Lipinski definition) is 4. The minimum atomic E-state index is -1.66. The number of hydrogen-bond donors (Lipinski definition) is 5. The summed E-state index contributed by atoms with van der Waals surface area (Å²) in [6.07, 6.45) is -0.0385. The van der Waals surface area contributed by atoms with Crippen LogP contribution in [0.1, 0.15) is 6.42 Å². The van der Waals surface area contributed by atoms with Crippen LogP contribution < -0.4 is 16.4 Å². The minimum Gasteiger partial charge on any atom is -0.481 e. The second-order valence-corrected chi connectivity index (χ2v) is 7.19. The number of nitrogens with two attached hydrogens (primary N) is 1. The summed E-state index contributed by atoms with van der Waals surface area (Å²) >= 11 is 11.8. The number of carboxylic acid groups (broad SMARTS) is 2. The fraction of sp³-hybridized carbons (Fsp3) is 0.400. The summed E-state index contributed by atoms with van der Waals surface area (Å²) in [4.78, 5) is 34.9. The zero-order valence-electron chi connectivity index (χ0n) is 12.7. The summed E-state index contributed by atoms with van der Waals surface area (Å²) in [5.74, 6) is -4.47. The molecule has 2 amide bonds. The first kappa shape index (κ1) is 17.8. The number of fused-ring (bicyclic) bond motifs is 1. The van der Waals surface area contributed by atoms with Crippen LogP contribution >= 0.6 is 23.2 Å². The van der Waals surface area contributed by atoms with E-state index in [9.17, 15) is 24.6 Å². The minimum absolute atomic E-state index is 0.0385. The van der Waals surface area contributed by atoms with E-state index in [-0.39, 0.29) is 11.4 Å². The second-order valence-electron chi connectivity index (χ2n) is 6.35. The lowest BCUT2D eigenvalue weighted by atomic mass is 9.90. The predicted octanol–water partition coefficient (Wildman–Crippen LogP) is 1.62. The van der Waals surface area contributed by atoms with Crippen molar-refractivity contribution in [3.63, 3.8) is 0 Å². The molecule has 1 aromatic carbocycles. The van der Waals surface area contributed by atoms with E-state index in [1.54, 1.807) is 6.07 Å². The molecule has 2 saturated carbocycles. The highest BCUT2D eigenvalue weighted by Crippen LogP contribution is 2.61. The molecular formula is C15H15Cl2N3O5. The number of carboxylic acids is 2. The Balaban J connectivity index is 1.71. The highest BCUT2D eigenvalue weighted by atomic mass is 35.5. The van der Waals surface area contributed by atoms with E-state index in [2.05, 4.69) is 10.6 Å². The third-order valence-electron chi connectivity index (χ3n) is 4.87. The van der Waals surface area contributed by atoms with Gasteiger partial charge in [0.05, 0.1) is 16.6 Å². The Kier molecular flexibility index (Phi) is 4.30. The first-order chi connectivity index (χ1) is 11.6. The maximum Gasteiger partial charge on any atom is 0.324 e. The molecule has 1 aromatic rings. The molecule has 25 heavy (non-hydrogen) atoms. The zero-order valence-corrected chi connectivity index (χ0v) is 14.2. The molecule has 3 rings (SSSR count). The number of urea groups is 1. The van der Waals surface area contributed by atoms with Crippen molar-refractivity contribution in [3.05, 3.63) is 28.2 Å². The van der Waals surface area contributed by atoms with Gasteiger partial charge in [-0.15, -0.1) is 0 Å². The van der Waals surface area contributed by atoms with E-state index in [1.807, 2.05) is 0 Å². The molecule has 2 fully saturated rings. The van der Waals surface area contributed by atoms with Crippen molar-refractivity contribution in [1.82, 2.24) is 5.32 Å². The molecular weight excluding hydrogens is 373 g/mol. The highest BCUT2D eigenvalue weighted by molar-refractivity contribution is 6.36. The largest absolute Gasteiger partial charge is 0.481 e. The van der Waals surface area contributed by atoms with Crippen molar-refractivity contribution < 1.29 is 24.6 Å². The molecule has 0 spiro atoms. The average molecular weight is 388 g/mol. The molecule has 10 heteroatoms. The quantitative estimate of drug-likeness (QED) is 0.531. The van der Waals surface area contributed by atoms with Crippen molar-refractivity contribution in [2.75, 3.05) is 5.32 Å². The van der Waals surface area contributed by atoms with Gasteiger partial charge in [-0.25, -0.2) is 4.79 Å². The Morgan fingerprint density at radius 1 is 1.24 bits per heavy atom. The van der Waals surface area contributed by atoms with E-state index < -0.39 is 47.3 Å². The fourth-order valence-corrected chi connectivity index (χ4v) is 4.20. The number of carbonyl (C=O) groups is 3.